The predicted molar refractivity (Wildman–Crippen MR) is 114 cm³/mol. The zero-order chi connectivity index (χ0) is 18.2. The molecule has 2 aliphatic carbocycles. The Balaban J connectivity index is 1.50. The van der Waals surface area contributed by atoms with Gasteiger partial charge < -0.3 is 0 Å². The third kappa shape index (κ3) is 3.26. The van der Waals surface area contributed by atoms with Crippen LogP contribution in [0, 0.1) is 0 Å². The summed E-state index contributed by atoms with van der Waals surface area (Å²) in [7, 11) is 0.761. The van der Waals surface area contributed by atoms with E-state index >= 15 is 0 Å². The fraction of sp³-hybridized carbons (Fsp3) is 0.120. The summed E-state index contributed by atoms with van der Waals surface area (Å²) < 4.78 is 1.43. The second-order valence-corrected chi connectivity index (χ2v) is 14.0. The normalized spacial score (nSPS) is 20.3. The second-order valence-electron chi connectivity index (χ2n) is 7.20. The van der Waals surface area contributed by atoms with Crippen LogP contribution in [0.2, 0.25) is 0 Å². The Bertz CT molecular complexity index is 1050. The summed E-state index contributed by atoms with van der Waals surface area (Å²) >= 11 is -0.973. The van der Waals surface area contributed by atoms with Crippen molar-refractivity contribution in [2.75, 3.05) is 0 Å². The van der Waals surface area contributed by atoms with E-state index in [-0.39, 0.29) is 0 Å². The molecule has 2 aliphatic rings. The first kappa shape index (κ1) is 17.5. The van der Waals surface area contributed by atoms with Crippen molar-refractivity contribution in [3.05, 3.63) is 113 Å². The summed E-state index contributed by atoms with van der Waals surface area (Å²) in [6.45, 7) is 2.41. The Kier molecular flexibility index (Phi) is 4.84. The van der Waals surface area contributed by atoms with Gasteiger partial charge in [0.15, 0.2) is 0 Å². The Labute approximate surface area is 174 Å². The molecule has 3 aromatic carbocycles. The van der Waals surface area contributed by atoms with Crippen molar-refractivity contribution in [2.24, 2.45) is 0 Å². The second kappa shape index (κ2) is 7.46. The molecule has 3 unspecified atom stereocenters. The van der Waals surface area contributed by atoms with Crippen LogP contribution in [0.15, 0.2) is 90.5 Å². The first-order valence-electron chi connectivity index (χ1n) is 9.46. The van der Waals surface area contributed by atoms with Gasteiger partial charge in [0.25, 0.3) is 0 Å². The van der Waals surface area contributed by atoms with E-state index in [0.29, 0.717) is 7.35 Å². The van der Waals surface area contributed by atoms with Gasteiger partial charge in [0.1, 0.15) is 0 Å². The quantitative estimate of drug-likeness (QED) is 0.273. The van der Waals surface area contributed by atoms with E-state index in [9.17, 15) is 0 Å². The summed E-state index contributed by atoms with van der Waals surface area (Å²) in [5.41, 5.74) is 7.79. The molecule has 0 amide bonds. The molecule has 2 heteroatoms. The SMILES string of the molecule is CC1=C(Pc2ccccc2)c2ccccc2[CH]1[Hf][CH]1C=Cc2ccccc21. The molecular formula is C25H21HfP. The van der Waals surface area contributed by atoms with E-state index in [1.807, 2.05) is 0 Å². The van der Waals surface area contributed by atoms with Crippen LogP contribution in [0.3, 0.4) is 0 Å². The molecule has 0 heterocycles. The minimum atomic E-state index is -0.973. The Hall–Kier alpha value is -1.56. The maximum atomic E-state index is 2.49. The predicted octanol–water partition coefficient (Wildman–Crippen LogP) is 6.33. The fourth-order valence-corrected chi connectivity index (χ4v) is 12.6. The van der Waals surface area contributed by atoms with E-state index in [4.69, 9.17) is 0 Å². The number of benzene rings is 3. The van der Waals surface area contributed by atoms with Crippen LogP contribution in [-0.4, -0.2) is 0 Å². The van der Waals surface area contributed by atoms with E-state index in [1.54, 1.807) is 22.0 Å². The molecule has 0 saturated carbocycles. The van der Waals surface area contributed by atoms with Gasteiger partial charge in [-0.3, -0.25) is 0 Å². The van der Waals surface area contributed by atoms with Gasteiger partial charge >= 0.3 is 175 Å². The molecule has 0 aromatic heterocycles. The van der Waals surface area contributed by atoms with Crippen molar-refractivity contribution in [1.29, 1.82) is 0 Å². The van der Waals surface area contributed by atoms with Gasteiger partial charge in [-0.05, 0) is 0 Å². The van der Waals surface area contributed by atoms with Crippen LogP contribution in [0.1, 0.15) is 36.5 Å². The van der Waals surface area contributed by atoms with Gasteiger partial charge in [0.05, 0.1) is 0 Å². The van der Waals surface area contributed by atoms with Gasteiger partial charge in [-0.25, -0.2) is 0 Å². The average Bonchev–Trinajstić information content (AvgIpc) is 3.24. The molecule has 27 heavy (non-hydrogen) atoms. The molecule has 0 N–H and O–H groups in total. The topological polar surface area (TPSA) is 0 Å². The number of hydrogen-bond acceptors (Lipinski definition) is 0. The van der Waals surface area contributed by atoms with Crippen LogP contribution in [-0.2, 0) is 22.9 Å². The summed E-state index contributed by atoms with van der Waals surface area (Å²) in [6.07, 6.45) is 4.83. The van der Waals surface area contributed by atoms with Crippen molar-refractivity contribution in [3.63, 3.8) is 0 Å². The van der Waals surface area contributed by atoms with Crippen LogP contribution in [0.4, 0.5) is 0 Å². The molecule has 0 spiro atoms. The van der Waals surface area contributed by atoms with Crippen LogP contribution < -0.4 is 5.30 Å². The van der Waals surface area contributed by atoms with E-state index in [0.717, 1.165) is 8.58 Å². The number of hydrogen-bond donors (Lipinski definition) is 0. The molecule has 5 rings (SSSR count). The average molecular weight is 531 g/mol. The van der Waals surface area contributed by atoms with Crippen molar-refractivity contribution in [3.8, 4) is 0 Å². The zero-order valence-corrected chi connectivity index (χ0v) is 19.9. The van der Waals surface area contributed by atoms with Crippen LogP contribution >= 0.6 is 8.58 Å². The number of rotatable bonds is 4. The van der Waals surface area contributed by atoms with E-state index in [1.165, 1.54) is 16.4 Å². The van der Waals surface area contributed by atoms with Crippen molar-refractivity contribution in [1.82, 2.24) is 0 Å². The van der Waals surface area contributed by atoms with Gasteiger partial charge in [-0.1, -0.05) is 0 Å². The first-order valence-corrected chi connectivity index (χ1v) is 14.6. The van der Waals surface area contributed by atoms with Gasteiger partial charge in [-0.15, -0.1) is 0 Å². The zero-order valence-electron chi connectivity index (χ0n) is 15.3. The Morgan fingerprint density at radius 1 is 0.778 bits per heavy atom. The summed E-state index contributed by atoms with van der Waals surface area (Å²) in [6, 6.07) is 29.1. The summed E-state index contributed by atoms with van der Waals surface area (Å²) in [4.78, 5) is 0. The van der Waals surface area contributed by atoms with Crippen LogP contribution in [0.25, 0.3) is 11.4 Å². The molecule has 0 radical (unpaired) electrons. The van der Waals surface area contributed by atoms with Gasteiger partial charge in [0, 0.05) is 0 Å². The molecule has 0 fully saturated rings. The molecule has 130 valence electrons. The molecular weight excluding hydrogens is 510 g/mol. The third-order valence-electron chi connectivity index (χ3n) is 5.56. The summed E-state index contributed by atoms with van der Waals surface area (Å²) in [5.74, 6) is 0. The molecule has 3 aromatic rings. The standard InChI is InChI=1S/C16H14P.C9H7.Hf/c1-12-11-13-7-5-6-10-15(13)16(12)17-14-8-3-2-4-9-14;1-2-5-9-7-3-6-8(9)4-1;/h2-11,17H,1H3;1-7H;. The minimum absolute atomic E-state index is 0.716. The Morgan fingerprint density at radius 3 is 2.33 bits per heavy atom. The molecule has 0 saturated heterocycles. The first-order chi connectivity index (χ1) is 13.3. The van der Waals surface area contributed by atoms with E-state index < -0.39 is 22.9 Å². The summed E-state index contributed by atoms with van der Waals surface area (Å²) in [5, 5.41) is 3.05. The molecule has 0 nitrogen and oxygen atoms in total. The number of fused-ring (bicyclic) bond motifs is 2. The fourth-order valence-electron chi connectivity index (χ4n) is 4.19. The van der Waals surface area contributed by atoms with Crippen molar-refractivity contribution in [2.45, 2.75) is 14.3 Å². The van der Waals surface area contributed by atoms with Crippen LogP contribution in [0.5, 0.6) is 0 Å². The molecule has 3 atom stereocenters. The number of allylic oxidation sites excluding steroid dienone is 2. The third-order valence-corrected chi connectivity index (χ3v) is 14.1. The van der Waals surface area contributed by atoms with Gasteiger partial charge in [-0.2, -0.15) is 0 Å². The molecule has 0 aliphatic heterocycles. The monoisotopic (exact) mass is 532 g/mol. The van der Waals surface area contributed by atoms with Crippen molar-refractivity contribution < 1.29 is 22.9 Å². The molecule has 0 bridgehead atoms. The Morgan fingerprint density at radius 2 is 1.48 bits per heavy atom. The van der Waals surface area contributed by atoms with Crippen molar-refractivity contribution >= 4 is 25.3 Å². The maximum absolute atomic E-state index is 2.49. The van der Waals surface area contributed by atoms with E-state index in [2.05, 4.69) is 97.9 Å². The van der Waals surface area contributed by atoms with Gasteiger partial charge in [0.2, 0.25) is 0 Å².